The number of nitrogen functional groups attached to an aromatic ring is 1. The number of anilines is 1. The van der Waals surface area contributed by atoms with Crippen molar-refractivity contribution < 1.29 is 9.53 Å². The molecule has 0 bridgehead atoms. The van der Waals surface area contributed by atoms with E-state index in [1.807, 2.05) is 25.1 Å². The third kappa shape index (κ3) is 2.36. The van der Waals surface area contributed by atoms with E-state index in [9.17, 15) is 10.1 Å². The van der Waals surface area contributed by atoms with E-state index in [4.69, 9.17) is 10.5 Å². The first-order chi connectivity index (χ1) is 11.6. The highest BCUT2D eigenvalue weighted by atomic mass is 16.5. The number of nitrogens with one attached hydrogen (secondary N) is 1. The Labute approximate surface area is 136 Å². The largest absolute Gasteiger partial charge is 0.464 e. The summed E-state index contributed by atoms with van der Waals surface area (Å²) in [4.78, 5) is 12.1. The van der Waals surface area contributed by atoms with E-state index < -0.39 is 5.97 Å². The summed E-state index contributed by atoms with van der Waals surface area (Å²) in [6, 6.07) is 7.44. The Bertz CT molecular complexity index is 951. The zero-order valence-electron chi connectivity index (χ0n) is 12.9. The van der Waals surface area contributed by atoms with Crippen molar-refractivity contribution in [3.63, 3.8) is 0 Å². The number of hydrogen-bond donors (Lipinski definition) is 2. The van der Waals surface area contributed by atoms with Gasteiger partial charge >= 0.3 is 5.97 Å². The van der Waals surface area contributed by atoms with Gasteiger partial charge < -0.3 is 15.0 Å². The summed E-state index contributed by atoms with van der Waals surface area (Å²) >= 11 is 0. The maximum absolute atomic E-state index is 12.1. The smallest absolute Gasteiger partial charge is 0.357 e. The van der Waals surface area contributed by atoms with Gasteiger partial charge in [0.25, 0.3) is 0 Å². The molecule has 0 aliphatic carbocycles. The van der Waals surface area contributed by atoms with E-state index in [1.54, 1.807) is 10.6 Å². The monoisotopic (exact) mass is 323 g/mol. The van der Waals surface area contributed by atoms with E-state index in [-0.39, 0.29) is 16.9 Å². The highest BCUT2D eigenvalue weighted by Crippen LogP contribution is 2.28. The number of hydrogen-bond acceptors (Lipinski definition) is 7. The van der Waals surface area contributed by atoms with Gasteiger partial charge in [-0.05, 0) is 23.8 Å². The molecule has 0 aliphatic heterocycles. The van der Waals surface area contributed by atoms with Crippen LogP contribution in [0.25, 0.3) is 17.1 Å². The normalized spacial score (nSPS) is 10.4. The minimum Gasteiger partial charge on any atom is -0.464 e. The van der Waals surface area contributed by atoms with Crippen molar-refractivity contribution in [3.05, 3.63) is 41.2 Å². The number of H-pyrrole nitrogens is 1. The average molecular weight is 323 g/mol. The Morgan fingerprint density at radius 2 is 2.25 bits per heavy atom. The van der Waals surface area contributed by atoms with Crippen molar-refractivity contribution in [3.8, 4) is 23.1 Å². The third-order valence-electron chi connectivity index (χ3n) is 3.62. The zero-order chi connectivity index (χ0) is 17.3. The van der Waals surface area contributed by atoms with Crippen molar-refractivity contribution >= 4 is 11.7 Å². The number of ether oxygens (including phenoxy) is 1. The van der Waals surface area contributed by atoms with Crippen LogP contribution in [-0.4, -0.2) is 38.3 Å². The fraction of sp³-hybridized carbons (Fsp3) is 0.133. The van der Waals surface area contributed by atoms with Gasteiger partial charge in [-0.25, -0.2) is 4.79 Å². The van der Waals surface area contributed by atoms with Gasteiger partial charge in [0.15, 0.2) is 5.69 Å². The number of esters is 1. The van der Waals surface area contributed by atoms with Crippen LogP contribution in [0.15, 0.2) is 24.4 Å². The number of carbonyl (C=O) groups excluding carboxylic acids is 1. The lowest BCUT2D eigenvalue weighted by Crippen LogP contribution is -2.12. The molecule has 3 aromatic rings. The van der Waals surface area contributed by atoms with Crippen molar-refractivity contribution in [1.82, 2.24) is 25.2 Å². The predicted molar refractivity (Wildman–Crippen MR) is 84.1 cm³/mol. The van der Waals surface area contributed by atoms with Gasteiger partial charge in [0.1, 0.15) is 6.07 Å². The highest BCUT2D eigenvalue weighted by Gasteiger charge is 2.22. The molecule has 0 aliphatic rings. The van der Waals surface area contributed by atoms with Crippen LogP contribution in [0.1, 0.15) is 21.6 Å². The summed E-state index contributed by atoms with van der Waals surface area (Å²) in [5.74, 6) is -0.213. The van der Waals surface area contributed by atoms with E-state index >= 15 is 0 Å². The second-order valence-electron chi connectivity index (χ2n) is 5.02. The van der Waals surface area contributed by atoms with E-state index in [2.05, 4.69) is 20.6 Å². The quantitative estimate of drug-likeness (QED) is 0.691. The molecule has 9 nitrogen and oxygen atoms in total. The molecule has 3 N–H and O–H groups in total. The van der Waals surface area contributed by atoms with Crippen molar-refractivity contribution in [2.75, 3.05) is 12.8 Å². The van der Waals surface area contributed by atoms with Gasteiger partial charge in [-0.2, -0.15) is 10.5 Å². The lowest BCUT2D eigenvalue weighted by atomic mass is 10.1. The number of methoxy groups -OCH3 is 1. The van der Waals surface area contributed by atoms with E-state index in [1.165, 1.54) is 13.3 Å². The summed E-state index contributed by atoms with van der Waals surface area (Å²) in [6.45, 7) is 1.87. The van der Waals surface area contributed by atoms with Gasteiger partial charge in [-0.1, -0.05) is 12.1 Å². The Kier molecular flexibility index (Phi) is 3.71. The highest BCUT2D eigenvalue weighted by molar-refractivity contribution is 5.96. The SMILES string of the molecule is COC(=O)c1c(N)c(C#N)cn1-c1cc(-c2nn[nH]n2)ccc1C. The van der Waals surface area contributed by atoms with E-state index in [0.717, 1.165) is 5.56 Å². The minimum atomic E-state index is -0.627. The molecule has 0 atom stereocenters. The number of aryl methyl sites for hydroxylation is 1. The van der Waals surface area contributed by atoms with Crippen LogP contribution in [0.4, 0.5) is 5.69 Å². The molecule has 0 amide bonds. The van der Waals surface area contributed by atoms with Crippen molar-refractivity contribution in [2.24, 2.45) is 0 Å². The van der Waals surface area contributed by atoms with Crippen LogP contribution in [0.3, 0.4) is 0 Å². The number of nitrogens with zero attached hydrogens (tertiary/aromatic N) is 5. The fourth-order valence-corrected chi connectivity index (χ4v) is 2.40. The Balaban J connectivity index is 2.24. The molecule has 3 rings (SSSR count). The first kappa shape index (κ1) is 15.2. The van der Waals surface area contributed by atoms with Gasteiger partial charge in [-0.3, -0.25) is 0 Å². The Morgan fingerprint density at radius 1 is 1.46 bits per heavy atom. The van der Waals surface area contributed by atoms with Crippen LogP contribution in [0.2, 0.25) is 0 Å². The first-order valence-corrected chi connectivity index (χ1v) is 6.91. The number of nitriles is 1. The second-order valence-corrected chi connectivity index (χ2v) is 5.02. The van der Waals surface area contributed by atoms with Gasteiger partial charge in [-0.15, -0.1) is 10.2 Å². The van der Waals surface area contributed by atoms with Crippen LogP contribution in [0, 0.1) is 18.3 Å². The van der Waals surface area contributed by atoms with Gasteiger partial charge in [0.2, 0.25) is 5.82 Å². The third-order valence-corrected chi connectivity index (χ3v) is 3.62. The topological polar surface area (TPSA) is 136 Å². The molecule has 0 radical (unpaired) electrons. The molecule has 1 aromatic carbocycles. The van der Waals surface area contributed by atoms with Crippen molar-refractivity contribution in [1.29, 1.82) is 5.26 Å². The van der Waals surface area contributed by atoms with Gasteiger partial charge in [0, 0.05) is 17.4 Å². The molecule has 2 heterocycles. The van der Waals surface area contributed by atoms with E-state index in [0.29, 0.717) is 17.1 Å². The number of rotatable bonds is 3. The summed E-state index contributed by atoms with van der Waals surface area (Å²) in [6.07, 6.45) is 1.50. The molecule has 0 spiro atoms. The molecule has 120 valence electrons. The Morgan fingerprint density at radius 3 is 2.88 bits per heavy atom. The standard InChI is InChI=1S/C15H13N7O2/c1-8-3-4-9(14-18-20-21-19-14)5-11(8)22-7-10(6-16)12(17)13(22)15(23)24-2/h3-5,7H,17H2,1-2H3,(H,18,19,20,21). The lowest BCUT2D eigenvalue weighted by molar-refractivity contribution is 0.0593. The maximum Gasteiger partial charge on any atom is 0.357 e. The van der Waals surface area contributed by atoms with Crippen LogP contribution in [0.5, 0.6) is 0 Å². The molecular formula is C15H13N7O2. The molecule has 24 heavy (non-hydrogen) atoms. The zero-order valence-corrected chi connectivity index (χ0v) is 12.9. The number of aromatic nitrogens is 5. The summed E-state index contributed by atoms with van der Waals surface area (Å²) in [7, 11) is 1.26. The Hall–Kier alpha value is -3.67. The first-order valence-electron chi connectivity index (χ1n) is 6.91. The molecule has 2 aromatic heterocycles. The fourth-order valence-electron chi connectivity index (χ4n) is 2.40. The number of benzene rings is 1. The maximum atomic E-state index is 12.1. The lowest BCUT2D eigenvalue weighted by Gasteiger charge is -2.12. The average Bonchev–Trinajstić information content (AvgIpc) is 3.22. The summed E-state index contributed by atoms with van der Waals surface area (Å²) < 4.78 is 6.33. The molecular weight excluding hydrogens is 310 g/mol. The van der Waals surface area contributed by atoms with Crippen LogP contribution in [-0.2, 0) is 4.74 Å². The summed E-state index contributed by atoms with van der Waals surface area (Å²) in [5, 5.41) is 23.0. The van der Waals surface area contributed by atoms with Crippen LogP contribution >= 0.6 is 0 Å². The molecule has 0 unspecified atom stereocenters. The molecule has 9 heteroatoms. The predicted octanol–water partition coefficient (Wildman–Crippen LogP) is 1.21. The number of aromatic amines is 1. The number of tetrazole rings is 1. The number of carbonyl (C=O) groups is 1. The molecule has 0 saturated carbocycles. The summed E-state index contributed by atoms with van der Waals surface area (Å²) in [5.41, 5.74) is 8.52. The van der Waals surface area contributed by atoms with Gasteiger partial charge in [0.05, 0.1) is 18.4 Å². The van der Waals surface area contributed by atoms with Crippen LogP contribution < -0.4 is 5.73 Å². The second kappa shape index (κ2) is 5.85. The van der Waals surface area contributed by atoms with Crippen molar-refractivity contribution in [2.45, 2.75) is 6.92 Å². The molecule has 0 saturated heterocycles. The molecule has 0 fully saturated rings. The number of nitrogens with two attached hydrogens (primary N) is 1. The minimum absolute atomic E-state index is 0.0775.